The monoisotopic (exact) mass is 246 g/mol. The SMILES string of the molecule is C#CCC(CO)NC(=O)Nc1c(C)cccc1C. The second kappa shape index (κ2) is 6.67. The van der Waals surface area contributed by atoms with Gasteiger partial charge < -0.3 is 15.7 Å². The van der Waals surface area contributed by atoms with Crippen molar-refractivity contribution in [2.45, 2.75) is 26.3 Å². The number of hydrogen-bond donors (Lipinski definition) is 3. The van der Waals surface area contributed by atoms with Gasteiger partial charge in [-0.2, -0.15) is 0 Å². The smallest absolute Gasteiger partial charge is 0.319 e. The third-order valence-corrected chi connectivity index (χ3v) is 2.64. The lowest BCUT2D eigenvalue weighted by Crippen LogP contribution is -2.40. The van der Waals surface area contributed by atoms with E-state index in [1.165, 1.54) is 0 Å². The summed E-state index contributed by atoms with van der Waals surface area (Å²) in [6, 6.07) is 5.00. The van der Waals surface area contributed by atoms with Gasteiger partial charge in [-0.05, 0) is 25.0 Å². The van der Waals surface area contributed by atoms with Crippen LogP contribution >= 0.6 is 0 Å². The predicted octanol–water partition coefficient (Wildman–Crippen LogP) is 1.81. The minimum atomic E-state index is -0.417. The van der Waals surface area contributed by atoms with Crippen LogP contribution in [-0.2, 0) is 0 Å². The quantitative estimate of drug-likeness (QED) is 0.709. The molecular weight excluding hydrogens is 228 g/mol. The van der Waals surface area contributed by atoms with E-state index in [0.717, 1.165) is 16.8 Å². The molecule has 2 amide bonds. The van der Waals surface area contributed by atoms with E-state index in [0.29, 0.717) is 6.42 Å². The molecule has 0 aliphatic carbocycles. The number of terminal acetylenes is 1. The minimum Gasteiger partial charge on any atom is -0.394 e. The molecule has 0 radical (unpaired) electrons. The van der Waals surface area contributed by atoms with Crippen LogP contribution in [0.5, 0.6) is 0 Å². The standard InChI is InChI=1S/C14H18N2O2/c1-4-6-12(9-17)15-14(18)16-13-10(2)7-5-8-11(13)3/h1,5,7-8,12,17H,6,9H2,2-3H3,(H2,15,16,18). The van der Waals surface area contributed by atoms with Crippen LogP contribution in [0.1, 0.15) is 17.5 Å². The number of aliphatic hydroxyl groups is 1. The van der Waals surface area contributed by atoms with E-state index in [2.05, 4.69) is 16.6 Å². The van der Waals surface area contributed by atoms with Crippen LogP contribution in [0.2, 0.25) is 0 Å². The number of aryl methyl sites for hydroxylation is 2. The molecule has 0 saturated heterocycles. The third kappa shape index (κ3) is 3.79. The maximum Gasteiger partial charge on any atom is 0.319 e. The summed E-state index contributed by atoms with van der Waals surface area (Å²) in [6.07, 6.45) is 5.45. The number of anilines is 1. The molecule has 4 nitrogen and oxygen atoms in total. The van der Waals surface area contributed by atoms with Gasteiger partial charge >= 0.3 is 6.03 Å². The Hall–Kier alpha value is -1.99. The Bertz CT molecular complexity index is 443. The number of carbonyl (C=O) groups excluding carboxylic acids is 1. The normalized spacial score (nSPS) is 11.4. The van der Waals surface area contributed by atoms with E-state index in [1.54, 1.807) is 0 Å². The number of benzene rings is 1. The highest BCUT2D eigenvalue weighted by atomic mass is 16.3. The molecule has 0 aromatic heterocycles. The number of hydrogen-bond acceptors (Lipinski definition) is 2. The van der Waals surface area contributed by atoms with E-state index in [4.69, 9.17) is 11.5 Å². The summed E-state index contributed by atoms with van der Waals surface area (Å²) in [5.41, 5.74) is 2.76. The van der Waals surface area contributed by atoms with Crippen LogP contribution in [-0.4, -0.2) is 23.8 Å². The van der Waals surface area contributed by atoms with Crippen molar-refractivity contribution in [1.82, 2.24) is 5.32 Å². The molecule has 0 spiro atoms. The minimum absolute atomic E-state index is 0.176. The second-order valence-electron chi connectivity index (χ2n) is 4.15. The Balaban J connectivity index is 2.68. The van der Waals surface area contributed by atoms with Crippen LogP contribution in [0.3, 0.4) is 0 Å². The van der Waals surface area contributed by atoms with Crippen molar-refractivity contribution in [2.24, 2.45) is 0 Å². The lowest BCUT2D eigenvalue weighted by molar-refractivity contribution is 0.225. The summed E-state index contributed by atoms with van der Waals surface area (Å²) in [4.78, 5) is 11.8. The van der Waals surface area contributed by atoms with E-state index in [9.17, 15) is 4.79 Å². The van der Waals surface area contributed by atoms with Gasteiger partial charge in [0.05, 0.1) is 12.6 Å². The molecule has 1 atom stereocenters. The van der Waals surface area contributed by atoms with Crippen LogP contribution in [0.4, 0.5) is 10.5 Å². The van der Waals surface area contributed by atoms with E-state index in [1.807, 2.05) is 32.0 Å². The summed E-state index contributed by atoms with van der Waals surface area (Å²) < 4.78 is 0. The van der Waals surface area contributed by atoms with Crippen molar-refractivity contribution in [3.8, 4) is 12.3 Å². The van der Waals surface area contributed by atoms with Crippen molar-refractivity contribution >= 4 is 11.7 Å². The highest BCUT2D eigenvalue weighted by Gasteiger charge is 2.11. The van der Waals surface area contributed by atoms with Gasteiger partial charge in [0, 0.05) is 12.1 Å². The Morgan fingerprint density at radius 1 is 1.44 bits per heavy atom. The Labute approximate surface area is 107 Å². The number of urea groups is 1. The zero-order valence-corrected chi connectivity index (χ0v) is 10.7. The first-order valence-corrected chi connectivity index (χ1v) is 5.76. The average molecular weight is 246 g/mol. The number of aliphatic hydroxyl groups excluding tert-OH is 1. The highest BCUT2D eigenvalue weighted by Crippen LogP contribution is 2.19. The molecule has 1 aromatic carbocycles. The molecule has 0 heterocycles. The molecule has 4 heteroatoms. The van der Waals surface area contributed by atoms with E-state index < -0.39 is 6.04 Å². The third-order valence-electron chi connectivity index (χ3n) is 2.64. The summed E-state index contributed by atoms with van der Waals surface area (Å²) >= 11 is 0. The van der Waals surface area contributed by atoms with Crippen molar-refractivity contribution in [3.63, 3.8) is 0 Å². The summed E-state index contributed by atoms with van der Waals surface area (Å²) in [5.74, 6) is 2.41. The molecule has 3 N–H and O–H groups in total. The van der Waals surface area contributed by atoms with Gasteiger partial charge in [-0.25, -0.2) is 4.79 Å². The van der Waals surface area contributed by atoms with Gasteiger partial charge in [0.25, 0.3) is 0 Å². The Kier molecular flexibility index (Phi) is 5.22. The maximum atomic E-state index is 11.8. The molecule has 0 aliphatic rings. The lowest BCUT2D eigenvalue weighted by atomic mass is 10.1. The van der Waals surface area contributed by atoms with E-state index >= 15 is 0 Å². The largest absolute Gasteiger partial charge is 0.394 e. The first-order valence-electron chi connectivity index (χ1n) is 5.76. The van der Waals surface area contributed by atoms with Gasteiger partial charge in [0.1, 0.15) is 0 Å². The van der Waals surface area contributed by atoms with Crippen molar-refractivity contribution in [1.29, 1.82) is 0 Å². The molecule has 1 rings (SSSR count). The maximum absolute atomic E-state index is 11.8. The molecule has 0 aliphatic heterocycles. The van der Waals surface area contributed by atoms with Crippen LogP contribution in [0.15, 0.2) is 18.2 Å². The molecule has 0 saturated carbocycles. The zero-order valence-electron chi connectivity index (χ0n) is 10.7. The Morgan fingerprint density at radius 2 is 2.06 bits per heavy atom. The molecule has 0 fully saturated rings. The molecule has 1 unspecified atom stereocenters. The van der Waals surface area contributed by atoms with Crippen LogP contribution in [0.25, 0.3) is 0 Å². The number of para-hydroxylation sites is 1. The van der Waals surface area contributed by atoms with Gasteiger partial charge in [-0.3, -0.25) is 0 Å². The molecule has 0 bridgehead atoms. The molecular formula is C14H18N2O2. The van der Waals surface area contributed by atoms with Gasteiger partial charge in [-0.15, -0.1) is 12.3 Å². The fourth-order valence-electron chi connectivity index (χ4n) is 1.65. The van der Waals surface area contributed by atoms with Crippen molar-refractivity contribution < 1.29 is 9.90 Å². The lowest BCUT2D eigenvalue weighted by Gasteiger charge is -2.16. The number of amides is 2. The highest BCUT2D eigenvalue weighted by molar-refractivity contribution is 5.91. The van der Waals surface area contributed by atoms with Crippen LogP contribution < -0.4 is 10.6 Å². The average Bonchev–Trinajstić information content (AvgIpc) is 2.33. The first-order chi connectivity index (χ1) is 8.58. The Morgan fingerprint density at radius 3 is 2.56 bits per heavy atom. The van der Waals surface area contributed by atoms with Crippen LogP contribution in [0, 0.1) is 26.2 Å². The van der Waals surface area contributed by atoms with Crippen molar-refractivity contribution in [2.75, 3.05) is 11.9 Å². The molecule has 18 heavy (non-hydrogen) atoms. The van der Waals surface area contributed by atoms with Gasteiger partial charge in [0.15, 0.2) is 0 Å². The van der Waals surface area contributed by atoms with Gasteiger partial charge in [0.2, 0.25) is 0 Å². The number of nitrogens with one attached hydrogen (secondary N) is 2. The van der Waals surface area contributed by atoms with E-state index in [-0.39, 0.29) is 12.6 Å². The molecule has 1 aromatic rings. The predicted molar refractivity (Wildman–Crippen MR) is 72.4 cm³/mol. The first kappa shape index (κ1) is 14.1. The summed E-state index contributed by atoms with van der Waals surface area (Å²) in [7, 11) is 0. The fraction of sp³-hybridized carbons (Fsp3) is 0.357. The van der Waals surface area contributed by atoms with Gasteiger partial charge in [-0.1, -0.05) is 18.2 Å². The summed E-state index contributed by atoms with van der Waals surface area (Å²) in [6.45, 7) is 3.67. The number of carbonyl (C=O) groups is 1. The second-order valence-corrected chi connectivity index (χ2v) is 4.15. The number of rotatable bonds is 4. The fourth-order valence-corrected chi connectivity index (χ4v) is 1.65. The van der Waals surface area contributed by atoms with Crippen molar-refractivity contribution in [3.05, 3.63) is 29.3 Å². The molecule has 96 valence electrons. The summed E-state index contributed by atoms with van der Waals surface area (Å²) in [5, 5.41) is 14.4. The topological polar surface area (TPSA) is 61.4 Å². The zero-order chi connectivity index (χ0) is 13.5.